The number of rotatable bonds is 2. The van der Waals surface area contributed by atoms with Gasteiger partial charge in [0.15, 0.2) is 0 Å². The van der Waals surface area contributed by atoms with E-state index in [4.69, 9.17) is 9.97 Å². The largest absolute Gasteiger partial charge is 0.355 e. The first kappa shape index (κ1) is 17.5. The lowest BCUT2D eigenvalue weighted by molar-refractivity contribution is -0.129. The van der Waals surface area contributed by atoms with Crippen LogP contribution >= 0.6 is 0 Å². The zero-order chi connectivity index (χ0) is 18.3. The van der Waals surface area contributed by atoms with Crippen molar-refractivity contribution in [1.82, 2.24) is 19.8 Å². The van der Waals surface area contributed by atoms with Crippen LogP contribution in [0, 0.1) is 0 Å². The van der Waals surface area contributed by atoms with Crippen LogP contribution < -0.4 is 9.80 Å². The maximum atomic E-state index is 11.8. The van der Waals surface area contributed by atoms with Crippen LogP contribution in [0.3, 0.4) is 0 Å². The van der Waals surface area contributed by atoms with Crippen LogP contribution in [0.4, 0.5) is 11.8 Å². The van der Waals surface area contributed by atoms with Crippen molar-refractivity contribution in [3.63, 3.8) is 0 Å². The number of fused-ring (bicyclic) bond motifs is 2. The number of aromatic nitrogens is 2. The molecule has 0 N–H and O–H groups in total. The van der Waals surface area contributed by atoms with Gasteiger partial charge in [0.2, 0.25) is 11.9 Å². The van der Waals surface area contributed by atoms with E-state index < -0.39 is 0 Å². The quantitative estimate of drug-likeness (QED) is 0.790. The number of anilines is 2. The summed E-state index contributed by atoms with van der Waals surface area (Å²) in [7, 11) is 3.97. The van der Waals surface area contributed by atoms with Crippen molar-refractivity contribution in [1.29, 1.82) is 0 Å². The second-order valence-electron chi connectivity index (χ2n) is 7.99. The molecule has 1 atom stereocenters. The molecule has 0 aliphatic carbocycles. The van der Waals surface area contributed by atoms with Crippen LogP contribution in [0.1, 0.15) is 37.4 Å². The molecule has 3 aliphatic heterocycles. The fraction of sp³-hybridized carbons (Fsp3) is 0.737. The van der Waals surface area contributed by atoms with E-state index in [0.29, 0.717) is 12.6 Å². The van der Waals surface area contributed by atoms with E-state index in [-0.39, 0.29) is 5.91 Å². The van der Waals surface area contributed by atoms with Crippen LogP contribution in [0.25, 0.3) is 0 Å². The van der Waals surface area contributed by atoms with Gasteiger partial charge in [-0.1, -0.05) is 0 Å². The summed E-state index contributed by atoms with van der Waals surface area (Å²) in [5.74, 6) is 1.98. The molecule has 142 valence electrons. The molecule has 0 bridgehead atoms. The topological polar surface area (TPSA) is 55.8 Å². The summed E-state index contributed by atoms with van der Waals surface area (Å²) in [5.41, 5.74) is 2.27. The monoisotopic (exact) mass is 358 g/mol. The van der Waals surface area contributed by atoms with Gasteiger partial charge in [0.1, 0.15) is 5.82 Å². The highest BCUT2D eigenvalue weighted by atomic mass is 16.2. The van der Waals surface area contributed by atoms with E-state index in [2.05, 4.69) is 9.80 Å². The summed E-state index contributed by atoms with van der Waals surface area (Å²) < 4.78 is 0. The fourth-order valence-electron chi connectivity index (χ4n) is 4.53. The van der Waals surface area contributed by atoms with Gasteiger partial charge < -0.3 is 14.7 Å². The van der Waals surface area contributed by atoms with Crippen molar-refractivity contribution in [3.8, 4) is 0 Å². The Morgan fingerprint density at radius 3 is 2.69 bits per heavy atom. The number of carbonyl (C=O) groups is 1. The van der Waals surface area contributed by atoms with Gasteiger partial charge in [-0.2, -0.15) is 4.98 Å². The summed E-state index contributed by atoms with van der Waals surface area (Å²) >= 11 is 0. The van der Waals surface area contributed by atoms with Gasteiger partial charge in [-0.25, -0.2) is 4.98 Å². The third kappa shape index (κ3) is 3.24. The highest BCUT2D eigenvalue weighted by molar-refractivity contribution is 5.73. The van der Waals surface area contributed by atoms with Crippen molar-refractivity contribution < 1.29 is 4.79 Å². The third-order valence-corrected chi connectivity index (χ3v) is 5.98. The van der Waals surface area contributed by atoms with E-state index in [0.717, 1.165) is 43.5 Å². The molecule has 3 aliphatic rings. The fourth-order valence-corrected chi connectivity index (χ4v) is 4.53. The van der Waals surface area contributed by atoms with Gasteiger partial charge in [-0.05, 0) is 32.2 Å². The van der Waals surface area contributed by atoms with E-state index >= 15 is 0 Å². The minimum atomic E-state index is 0.124. The SMILES string of the molecule is CC(=O)N1CCc2c(nc(N(C)C)nc2N2CCCN3CCC[C@H]3C2)C1. The predicted molar refractivity (Wildman–Crippen MR) is 103 cm³/mol. The molecule has 0 saturated carbocycles. The predicted octanol–water partition coefficient (Wildman–Crippen LogP) is 1.12. The molecule has 26 heavy (non-hydrogen) atoms. The molecule has 0 unspecified atom stereocenters. The molecule has 4 heterocycles. The van der Waals surface area contributed by atoms with Gasteiger partial charge >= 0.3 is 0 Å². The number of amides is 1. The molecule has 2 saturated heterocycles. The zero-order valence-corrected chi connectivity index (χ0v) is 16.2. The van der Waals surface area contributed by atoms with Crippen LogP contribution in [0.2, 0.25) is 0 Å². The molecule has 1 aromatic heterocycles. The van der Waals surface area contributed by atoms with Crippen molar-refractivity contribution in [3.05, 3.63) is 11.3 Å². The zero-order valence-electron chi connectivity index (χ0n) is 16.2. The lowest BCUT2D eigenvalue weighted by Gasteiger charge is -2.33. The molecule has 0 radical (unpaired) electrons. The van der Waals surface area contributed by atoms with E-state index in [1.165, 1.54) is 37.9 Å². The molecule has 0 spiro atoms. The first-order valence-electron chi connectivity index (χ1n) is 9.84. The Labute approximate surface area is 156 Å². The maximum Gasteiger partial charge on any atom is 0.227 e. The Hall–Kier alpha value is -1.89. The molecular weight excluding hydrogens is 328 g/mol. The summed E-state index contributed by atoms with van der Waals surface area (Å²) in [6.45, 7) is 7.58. The molecule has 4 rings (SSSR count). The average molecular weight is 358 g/mol. The molecule has 2 fully saturated rings. The van der Waals surface area contributed by atoms with E-state index in [1.807, 2.05) is 23.9 Å². The molecule has 1 amide bonds. The average Bonchev–Trinajstić information content (AvgIpc) is 2.97. The second kappa shape index (κ2) is 7.02. The molecular formula is C19H30N6O. The normalized spacial score (nSPS) is 23.4. The third-order valence-electron chi connectivity index (χ3n) is 5.98. The lowest BCUT2D eigenvalue weighted by atomic mass is 10.0. The number of hydrogen-bond donors (Lipinski definition) is 0. The summed E-state index contributed by atoms with van der Waals surface area (Å²) in [6, 6.07) is 0.656. The summed E-state index contributed by atoms with van der Waals surface area (Å²) in [5, 5.41) is 0. The molecule has 7 nitrogen and oxygen atoms in total. The second-order valence-corrected chi connectivity index (χ2v) is 7.99. The van der Waals surface area contributed by atoms with Gasteiger partial charge in [0.25, 0.3) is 0 Å². The number of hydrogen-bond acceptors (Lipinski definition) is 6. The highest BCUT2D eigenvalue weighted by Crippen LogP contribution is 2.31. The first-order valence-corrected chi connectivity index (χ1v) is 9.84. The minimum Gasteiger partial charge on any atom is -0.355 e. The van der Waals surface area contributed by atoms with Crippen LogP contribution in [-0.2, 0) is 17.8 Å². The van der Waals surface area contributed by atoms with Crippen molar-refractivity contribution in [2.24, 2.45) is 0 Å². The lowest BCUT2D eigenvalue weighted by Crippen LogP contribution is -2.40. The number of carbonyl (C=O) groups excluding carboxylic acids is 1. The van der Waals surface area contributed by atoms with Gasteiger partial charge in [-0.3, -0.25) is 9.69 Å². The Morgan fingerprint density at radius 1 is 1.12 bits per heavy atom. The van der Waals surface area contributed by atoms with Gasteiger partial charge in [-0.15, -0.1) is 0 Å². The van der Waals surface area contributed by atoms with E-state index in [1.54, 1.807) is 6.92 Å². The Morgan fingerprint density at radius 2 is 1.92 bits per heavy atom. The van der Waals surface area contributed by atoms with Crippen molar-refractivity contribution in [2.75, 3.05) is 56.6 Å². The summed E-state index contributed by atoms with van der Waals surface area (Å²) in [4.78, 5) is 30.6. The standard InChI is InChI=1S/C19H30N6O/c1-14(26)24-11-7-16-17(13-24)20-19(22(2)3)21-18(16)25-10-5-9-23-8-4-6-15(23)12-25/h15H,4-13H2,1-3H3/t15-/m0/s1. The van der Waals surface area contributed by atoms with Crippen LogP contribution in [0.5, 0.6) is 0 Å². The summed E-state index contributed by atoms with van der Waals surface area (Å²) in [6.07, 6.45) is 4.65. The molecule has 0 aromatic carbocycles. The number of nitrogens with zero attached hydrogens (tertiary/aromatic N) is 6. The van der Waals surface area contributed by atoms with Crippen molar-refractivity contribution in [2.45, 2.75) is 45.2 Å². The Bertz CT molecular complexity index is 691. The Kier molecular flexibility index (Phi) is 4.73. The highest BCUT2D eigenvalue weighted by Gasteiger charge is 2.32. The van der Waals surface area contributed by atoms with Gasteiger partial charge in [0.05, 0.1) is 12.2 Å². The van der Waals surface area contributed by atoms with Crippen molar-refractivity contribution >= 4 is 17.7 Å². The Balaban J connectivity index is 1.69. The minimum absolute atomic E-state index is 0.124. The van der Waals surface area contributed by atoms with Crippen LogP contribution in [-0.4, -0.2) is 78.5 Å². The van der Waals surface area contributed by atoms with Gasteiger partial charge in [0, 0.05) is 58.8 Å². The van der Waals surface area contributed by atoms with E-state index in [9.17, 15) is 4.79 Å². The smallest absolute Gasteiger partial charge is 0.227 e. The first-order chi connectivity index (χ1) is 12.5. The van der Waals surface area contributed by atoms with Crippen LogP contribution in [0.15, 0.2) is 0 Å². The molecule has 7 heteroatoms. The molecule has 1 aromatic rings. The maximum absolute atomic E-state index is 11.8.